The van der Waals surface area contributed by atoms with Gasteiger partial charge < -0.3 is 4.52 Å². The van der Waals surface area contributed by atoms with E-state index < -0.39 is 10.0 Å². The lowest BCUT2D eigenvalue weighted by molar-refractivity contribution is 0.432. The second-order valence-electron chi connectivity index (χ2n) is 7.06. The van der Waals surface area contributed by atoms with E-state index >= 15 is 0 Å². The molecule has 0 N–H and O–H groups in total. The molecule has 0 saturated carbocycles. The van der Waals surface area contributed by atoms with Gasteiger partial charge in [-0.25, -0.2) is 8.42 Å². The Morgan fingerprint density at radius 1 is 0.900 bits per heavy atom. The number of hydrogen-bond donors (Lipinski definition) is 0. The van der Waals surface area contributed by atoms with Gasteiger partial charge in [-0.2, -0.15) is 9.29 Å². The van der Waals surface area contributed by atoms with E-state index in [0.717, 1.165) is 16.7 Å². The third-order valence-electron chi connectivity index (χ3n) is 4.77. The fourth-order valence-corrected chi connectivity index (χ4v) is 4.26. The summed E-state index contributed by atoms with van der Waals surface area (Å²) in [6.45, 7) is 2.29. The van der Waals surface area contributed by atoms with E-state index in [1.807, 2.05) is 61.5 Å². The number of sulfonamides is 1. The van der Waals surface area contributed by atoms with Gasteiger partial charge in [0.25, 0.3) is 5.89 Å². The van der Waals surface area contributed by atoms with Crippen molar-refractivity contribution in [1.82, 2.24) is 14.4 Å². The van der Waals surface area contributed by atoms with Gasteiger partial charge in [0, 0.05) is 24.7 Å². The van der Waals surface area contributed by atoms with Crippen molar-refractivity contribution < 1.29 is 12.9 Å². The number of aromatic nitrogens is 2. The molecule has 152 valence electrons. The SMILES string of the molecule is Cc1ccc(-c2noc(-c3cccc(S(=O)(=O)N(C)Cc4ccccc4)c3)n2)cc1. The van der Waals surface area contributed by atoms with Crippen LogP contribution in [0.4, 0.5) is 0 Å². The first-order valence-electron chi connectivity index (χ1n) is 9.45. The quantitative estimate of drug-likeness (QED) is 0.459. The minimum Gasteiger partial charge on any atom is -0.334 e. The van der Waals surface area contributed by atoms with Crippen molar-refractivity contribution in [2.45, 2.75) is 18.4 Å². The third-order valence-corrected chi connectivity index (χ3v) is 6.57. The summed E-state index contributed by atoms with van der Waals surface area (Å²) in [7, 11) is -2.11. The molecule has 1 heterocycles. The van der Waals surface area contributed by atoms with Gasteiger partial charge in [-0.15, -0.1) is 0 Å². The zero-order valence-corrected chi connectivity index (χ0v) is 17.5. The van der Waals surface area contributed by atoms with E-state index in [0.29, 0.717) is 11.4 Å². The molecule has 0 spiro atoms. The molecule has 1 aromatic heterocycles. The van der Waals surface area contributed by atoms with Crippen molar-refractivity contribution in [3.05, 3.63) is 90.0 Å². The summed E-state index contributed by atoms with van der Waals surface area (Å²) in [6.07, 6.45) is 0. The maximum atomic E-state index is 13.0. The number of hydrogen-bond acceptors (Lipinski definition) is 5. The molecule has 0 unspecified atom stereocenters. The molecule has 0 atom stereocenters. The van der Waals surface area contributed by atoms with Crippen LogP contribution in [0.15, 0.2) is 88.3 Å². The summed E-state index contributed by atoms with van der Waals surface area (Å²) in [5.41, 5.74) is 3.44. The number of aryl methyl sites for hydroxylation is 1. The lowest BCUT2D eigenvalue weighted by atomic mass is 10.1. The monoisotopic (exact) mass is 419 g/mol. The minimum absolute atomic E-state index is 0.175. The van der Waals surface area contributed by atoms with Gasteiger partial charge in [0.1, 0.15) is 0 Å². The summed E-state index contributed by atoms with van der Waals surface area (Å²) in [5, 5.41) is 4.03. The second-order valence-corrected chi connectivity index (χ2v) is 9.11. The molecule has 0 fully saturated rings. The molecule has 3 aromatic carbocycles. The first kappa shape index (κ1) is 20.0. The van der Waals surface area contributed by atoms with Crippen LogP contribution in [0, 0.1) is 6.92 Å². The van der Waals surface area contributed by atoms with Gasteiger partial charge in [0.15, 0.2) is 0 Å². The lowest BCUT2D eigenvalue weighted by Crippen LogP contribution is -2.26. The Labute approximate surface area is 175 Å². The predicted molar refractivity (Wildman–Crippen MR) is 115 cm³/mol. The molecular formula is C23H21N3O3S. The van der Waals surface area contributed by atoms with Crippen LogP contribution >= 0.6 is 0 Å². The Balaban J connectivity index is 1.60. The Bertz CT molecular complexity index is 1250. The zero-order chi connectivity index (χ0) is 21.1. The minimum atomic E-state index is -3.67. The zero-order valence-electron chi connectivity index (χ0n) is 16.7. The van der Waals surface area contributed by atoms with Gasteiger partial charge in [0.2, 0.25) is 15.8 Å². The van der Waals surface area contributed by atoms with E-state index in [1.165, 1.54) is 4.31 Å². The van der Waals surface area contributed by atoms with Crippen LogP contribution in [0.25, 0.3) is 22.8 Å². The average molecular weight is 420 g/mol. The van der Waals surface area contributed by atoms with Crippen LogP contribution in [-0.4, -0.2) is 29.9 Å². The Hall–Kier alpha value is -3.29. The first-order chi connectivity index (χ1) is 14.4. The summed E-state index contributed by atoms with van der Waals surface area (Å²) in [6, 6.07) is 23.8. The summed E-state index contributed by atoms with van der Waals surface area (Å²) >= 11 is 0. The van der Waals surface area contributed by atoms with E-state index in [1.54, 1.807) is 31.3 Å². The van der Waals surface area contributed by atoms with Crippen molar-refractivity contribution >= 4 is 10.0 Å². The van der Waals surface area contributed by atoms with E-state index in [2.05, 4.69) is 10.1 Å². The highest BCUT2D eigenvalue weighted by Crippen LogP contribution is 2.26. The molecule has 0 radical (unpaired) electrons. The molecule has 0 aliphatic rings. The molecule has 0 aliphatic heterocycles. The first-order valence-corrected chi connectivity index (χ1v) is 10.9. The summed E-state index contributed by atoms with van der Waals surface area (Å²) in [5.74, 6) is 0.729. The van der Waals surface area contributed by atoms with Crippen LogP contribution in [0.5, 0.6) is 0 Å². The number of rotatable bonds is 6. The molecule has 30 heavy (non-hydrogen) atoms. The van der Waals surface area contributed by atoms with Gasteiger partial charge in [-0.1, -0.05) is 71.4 Å². The van der Waals surface area contributed by atoms with Crippen molar-refractivity contribution in [3.63, 3.8) is 0 Å². The highest BCUT2D eigenvalue weighted by Gasteiger charge is 2.22. The fourth-order valence-electron chi connectivity index (χ4n) is 3.06. The van der Waals surface area contributed by atoms with Crippen LogP contribution in [0.1, 0.15) is 11.1 Å². The van der Waals surface area contributed by atoms with Gasteiger partial charge in [0.05, 0.1) is 4.90 Å². The predicted octanol–water partition coefficient (Wildman–Crippen LogP) is 4.53. The highest BCUT2D eigenvalue weighted by atomic mass is 32.2. The highest BCUT2D eigenvalue weighted by molar-refractivity contribution is 7.89. The fraction of sp³-hybridized carbons (Fsp3) is 0.130. The second kappa shape index (κ2) is 8.22. The van der Waals surface area contributed by atoms with Gasteiger partial charge in [-0.05, 0) is 30.7 Å². The topological polar surface area (TPSA) is 76.3 Å². The van der Waals surface area contributed by atoms with Crippen molar-refractivity contribution in [3.8, 4) is 22.8 Å². The standard InChI is InChI=1S/C23H21N3O3S/c1-17-11-13-19(14-12-17)22-24-23(29-25-22)20-9-6-10-21(15-20)30(27,28)26(2)16-18-7-4-3-5-8-18/h3-15H,16H2,1-2H3. The molecule has 0 aliphatic carbocycles. The molecule has 0 saturated heterocycles. The van der Waals surface area contributed by atoms with Gasteiger partial charge in [-0.3, -0.25) is 0 Å². The number of benzene rings is 3. The van der Waals surface area contributed by atoms with Crippen LogP contribution in [0.3, 0.4) is 0 Å². The number of nitrogens with zero attached hydrogens (tertiary/aromatic N) is 3. The van der Waals surface area contributed by atoms with Crippen LogP contribution in [0.2, 0.25) is 0 Å². The summed E-state index contributed by atoms with van der Waals surface area (Å²) in [4.78, 5) is 4.60. The molecule has 6 nitrogen and oxygen atoms in total. The summed E-state index contributed by atoms with van der Waals surface area (Å²) < 4.78 is 32.8. The average Bonchev–Trinajstić information content (AvgIpc) is 3.25. The molecular weight excluding hydrogens is 398 g/mol. The van der Waals surface area contributed by atoms with Crippen LogP contribution in [-0.2, 0) is 16.6 Å². The third kappa shape index (κ3) is 4.17. The van der Waals surface area contributed by atoms with Crippen molar-refractivity contribution in [1.29, 1.82) is 0 Å². The van der Waals surface area contributed by atoms with E-state index in [-0.39, 0.29) is 17.3 Å². The molecule has 4 rings (SSSR count). The Morgan fingerprint density at radius 2 is 1.63 bits per heavy atom. The maximum Gasteiger partial charge on any atom is 0.258 e. The largest absolute Gasteiger partial charge is 0.334 e. The van der Waals surface area contributed by atoms with Crippen molar-refractivity contribution in [2.75, 3.05) is 7.05 Å². The molecule has 7 heteroatoms. The Kier molecular flexibility index (Phi) is 5.48. The maximum absolute atomic E-state index is 13.0. The lowest BCUT2D eigenvalue weighted by Gasteiger charge is -2.17. The molecule has 0 amide bonds. The normalized spacial score (nSPS) is 11.7. The smallest absolute Gasteiger partial charge is 0.258 e. The molecule has 4 aromatic rings. The molecule has 0 bridgehead atoms. The van der Waals surface area contributed by atoms with Crippen LogP contribution < -0.4 is 0 Å². The Morgan fingerprint density at radius 3 is 2.37 bits per heavy atom. The van der Waals surface area contributed by atoms with E-state index in [4.69, 9.17) is 4.52 Å². The van der Waals surface area contributed by atoms with Gasteiger partial charge >= 0.3 is 0 Å². The van der Waals surface area contributed by atoms with Crippen molar-refractivity contribution in [2.24, 2.45) is 0 Å². The van der Waals surface area contributed by atoms with E-state index in [9.17, 15) is 8.42 Å².